The number of carboxylic acids is 1. The summed E-state index contributed by atoms with van der Waals surface area (Å²) in [7, 11) is -2.06. The molecule has 0 saturated carbocycles. The van der Waals surface area contributed by atoms with Crippen LogP contribution in [-0.2, 0) is 24.4 Å². The number of hydrogen-bond acceptors (Lipinski definition) is 17. The second kappa shape index (κ2) is 15.1. The number of aliphatic carboxylic acids is 1. The lowest BCUT2D eigenvalue weighted by Gasteiger charge is -2.49. The largest absolute Gasteiger partial charge is 0.477 e. The molecule has 20 nitrogen and oxygen atoms in total. The Bertz CT molecular complexity index is 2170. The standard InChI is InChI=1S/C27H28N12O8S5/c1-38-31-7-16(51-38)48-8-11-9-49-23-18(22(42)39(23)19(11)24(43)44)35-21(41)17(15-10-50-25(28)33-15)36-27(45)34-14-6-30-26(37-20(14)40)32-12-2-4-13(5-3-12)52(29,46)47/h2-7,10,17-18,23,31H,8-9H2,1H3,(H2,28,33)(H,35,41)(H,43,44)(H2,29,46,47)(H2,34,36,45)(H2,30,32,37,40)/t17?,18-,23-/m1/s1. The number of amides is 4. The van der Waals surface area contributed by atoms with E-state index in [1.54, 1.807) is 10.6 Å². The highest BCUT2D eigenvalue weighted by molar-refractivity contribution is 8.21. The number of hydrogen-bond donors (Lipinski definition) is 9. The topological polar surface area (TPSA) is 300 Å². The highest BCUT2D eigenvalue weighted by Crippen LogP contribution is 2.43. The van der Waals surface area contributed by atoms with Gasteiger partial charge in [0.25, 0.3) is 11.5 Å². The number of nitrogens with zero attached hydrogens (tertiary/aromatic N) is 4. The number of aromatic nitrogens is 3. The Hall–Kier alpha value is -4.79. The smallest absolute Gasteiger partial charge is 0.352 e. The zero-order valence-electron chi connectivity index (χ0n) is 26.5. The molecule has 1 unspecified atom stereocenters. The van der Waals surface area contributed by atoms with Gasteiger partial charge in [0.2, 0.25) is 21.9 Å². The molecule has 4 amide bonds. The van der Waals surface area contributed by atoms with Gasteiger partial charge < -0.3 is 37.5 Å². The molecule has 0 aliphatic carbocycles. The predicted molar refractivity (Wildman–Crippen MR) is 196 cm³/mol. The molecule has 52 heavy (non-hydrogen) atoms. The minimum absolute atomic E-state index is 0.0311. The first-order chi connectivity index (χ1) is 24.7. The third kappa shape index (κ3) is 8.14. The van der Waals surface area contributed by atoms with Crippen molar-refractivity contribution in [2.24, 2.45) is 5.14 Å². The summed E-state index contributed by atoms with van der Waals surface area (Å²) in [4.78, 5) is 76.6. The van der Waals surface area contributed by atoms with E-state index in [-0.39, 0.29) is 33.1 Å². The number of hydrazine groups is 1. The number of carbonyl (C=O) groups excluding carboxylic acids is 3. The molecule has 274 valence electrons. The lowest BCUT2D eigenvalue weighted by Crippen LogP contribution is -2.71. The number of H-pyrrole nitrogens is 1. The number of fused-ring (bicyclic) bond motifs is 1. The molecular weight excluding hydrogens is 781 g/mol. The number of thioether (sulfide) groups is 2. The van der Waals surface area contributed by atoms with Crippen molar-refractivity contribution in [2.45, 2.75) is 22.4 Å². The van der Waals surface area contributed by atoms with Crippen LogP contribution in [0.2, 0.25) is 0 Å². The summed E-state index contributed by atoms with van der Waals surface area (Å²) in [5.41, 5.74) is 8.59. The normalized spacial score (nSPS) is 19.2. The highest BCUT2D eigenvalue weighted by atomic mass is 32.2. The number of carboxylic acid groups (broad SMARTS) is 1. The summed E-state index contributed by atoms with van der Waals surface area (Å²) in [5.74, 6) is -2.10. The monoisotopic (exact) mass is 808 g/mol. The molecule has 0 radical (unpaired) electrons. The first-order valence-corrected chi connectivity index (χ1v) is 19.9. The number of nitrogen functional groups attached to an aromatic ring is 1. The van der Waals surface area contributed by atoms with Crippen LogP contribution in [0.3, 0.4) is 0 Å². The van der Waals surface area contributed by atoms with Crippen LogP contribution in [0.4, 0.5) is 27.2 Å². The van der Waals surface area contributed by atoms with Gasteiger partial charge in [0, 0.05) is 35.8 Å². The summed E-state index contributed by atoms with van der Waals surface area (Å²) >= 11 is 5.19. The second-order valence-corrected chi connectivity index (χ2v) is 16.9. The van der Waals surface area contributed by atoms with Crippen LogP contribution >= 0.6 is 46.8 Å². The van der Waals surface area contributed by atoms with E-state index in [4.69, 9.17) is 10.9 Å². The van der Waals surface area contributed by atoms with E-state index in [0.717, 1.165) is 26.7 Å². The summed E-state index contributed by atoms with van der Waals surface area (Å²) in [6.07, 6.45) is 2.85. The third-order valence-corrected chi connectivity index (χ3v) is 12.5. The van der Waals surface area contributed by atoms with Crippen LogP contribution in [0.25, 0.3) is 0 Å². The fourth-order valence-electron chi connectivity index (χ4n) is 5.00. The van der Waals surface area contributed by atoms with E-state index in [1.165, 1.54) is 65.1 Å². The van der Waals surface area contributed by atoms with Crippen molar-refractivity contribution >= 4 is 103 Å². The van der Waals surface area contributed by atoms with Crippen LogP contribution in [0.15, 0.2) is 67.2 Å². The number of benzene rings is 1. The van der Waals surface area contributed by atoms with Crippen molar-refractivity contribution in [3.8, 4) is 0 Å². The molecule has 3 atom stereocenters. The van der Waals surface area contributed by atoms with Crippen LogP contribution in [0, 0.1) is 0 Å². The van der Waals surface area contributed by atoms with Gasteiger partial charge in [-0.2, -0.15) is 4.41 Å². The van der Waals surface area contributed by atoms with Crippen LogP contribution in [-0.4, -0.2) is 91.6 Å². The Morgan fingerprint density at radius 3 is 2.58 bits per heavy atom. The number of primary sulfonamides is 1. The van der Waals surface area contributed by atoms with E-state index < -0.39 is 56.9 Å². The lowest BCUT2D eigenvalue weighted by molar-refractivity contribution is -0.151. The van der Waals surface area contributed by atoms with E-state index in [1.807, 2.05) is 7.05 Å². The number of sulfonamides is 1. The van der Waals surface area contributed by atoms with E-state index in [2.05, 4.69) is 41.6 Å². The van der Waals surface area contributed by atoms with E-state index >= 15 is 0 Å². The molecule has 3 aliphatic rings. The first kappa shape index (κ1) is 37.0. The average Bonchev–Trinajstić information content (AvgIpc) is 3.72. The fourth-order valence-corrected chi connectivity index (χ4v) is 9.47. The molecule has 1 saturated heterocycles. The van der Waals surface area contributed by atoms with Gasteiger partial charge in [-0.15, -0.1) is 34.9 Å². The Morgan fingerprint density at radius 2 is 1.96 bits per heavy atom. The minimum Gasteiger partial charge on any atom is -0.477 e. The van der Waals surface area contributed by atoms with Crippen LogP contribution in [0.1, 0.15) is 11.7 Å². The van der Waals surface area contributed by atoms with Crippen molar-refractivity contribution in [1.82, 2.24) is 40.3 Å². The number of nitrogens with one attached hydrogen (secondary N) is 6. The summed E-state index contributed by atoms with van der Waals surface area (Å²) < 4.78 is 25.7. The van der Waals surface area contributed by atoms with Crippen LogP contribution in [0.5, 0.6) is 0 Å². The molecule has 25 heteroatoms. The van der Waals surface area contributed by atoms with Gasteiger partial charge in [0.1, 0.15) is 22.8 Å². The quantitative estimate of drug-likeness (QED) is 0.0885. The molecule has 11 N–H and O–H groups in total. The van der Waals surface area contributed by atoms with Gasteiger partial charge in [0.05, 0.1) is 21.0 Å². The number of carbonyl (C=O) groups is 4. The Kier molecular flexibility index (Phi) is 10.7. The molecule has 5 heterocycles. The number of urea groups is 1. The maximum Gasteiger partial charge on any atom is 0.352 e. The number of aromatic amines is 1. The lowest BCUT2D eigenvalue weighted by atomic mass is 10.0. The summed E-state index contributed by atoms with van der Waals surface area (Å²) in [5, 5.41) is 26.1. The first-order valence-electron chi connectivity index (χ1n) is 14.7. The van der Waals surface area contributed by atoms with Gasteiger partial charge in [-0.1, -0.05) is 0 Å². The number of nitrogens with two attached hydrogens (primary N) is 2. The van der Waals surface area contributed by atoms with Gasteiger partial charge >= 0.3 is 12.0 Å². The van der Waals surface area contributed by atoms with Crippen molar-refractivity contribution < 1.29 is 32.7 Å². The van der Waals surface area contributed by atoms with Crippen molar-refractivity contribution in [3.63, 3.8) is 0 Å². The van der Waals surface area contributed by atoms with E-state index in [9.17, 15) is 37.5 Å². The third-order valence-electron chi connectivity index (χ3n) is 7.39. The maximum atomic E-state index is 13.6. The van der Waals surface area contributed by atoms with Crippen molar-refractivity contribution in [2.75, 3.05) is 34.9 Å². The Balaban J connectivity index is 1.10. The second-order valence-electron chi connectivity index (χ2n) is 10.9. The van der Waals surface area contributed by atoms with E-state index in [0.29, 0.717) is 22.8 Å². The molecule has 2 aromatic heterocycles. The summed E-state index contributed by atoms with van der Waals surface area (Å²) in [6.45, 7) is 0. The van der Waals surface area contributed by atoms with Crippen molar-refractivity contribution in [1.29, 1.82) is 0 Å². The molecule has 0 spiro atoms. The van der Waals surface area contributed by atoms with Crippen LogP contribution < -0.4 is 43.1 Å². The van der Waals surface area contributed by atoms with Crippen molar-refractivity contribution in [3.05, 3.63) is 73.6 Å². The Labute approximate surface area is 310 Å². The Morgan fingerprint density at radius 1 is 1.21 bits per heavy atom. The fraction of sp³-hybridized carbons (Fsp3) is 0.222. The maximum absolute atomic E-state index is 13.6. The zero-order chi connectivity index (χ0) is 37.3. The van der Waals surface area contributed by atoms with Gasteiger partial charge in [-0.3, -0.25) is 24.3 Å². The molecular formula is C27H28N12O8S5. The minimum atomic E-state index is -3.90. The SMILES string of the molecule is CN1NC=C(SCC2=C(C(=O)O)N3C(=O)[C@@H](NC(=O)C(NC(=O)Nc4cnc(Nc5ccc(S(N)(=O)=O)cc5)[nH]c4=O)c4csc(N)n4)[C@H]3SC2)S1. The molecule has 0 bridgehead atoms. The molecule has 1 aromatic carbocycles. The molecule has 3 aromatic rings. The molecule has 3 aliphatic heterocycles. The molecule has 1 fully saturated rings. The van der Waals surface area contributed by atoms with Gasteiger partial charge in [0.15, 0.2) is 11.2 Å². The number of rotatable bonds is 12. The molecule has 6 rings (SSSR count). The predicted octanol–water partition coefficient (Wildman–Crippen LogP) is 0.431. The number of β-lactam (4-membered cyclic amide) rings is 1. The summed E-state index contributed by atoms with van der Waals surface area (Å²) in [6, 6.07) is 1.76. The number of anilines is 4. The average molecular weight is 809 g/mol. The number of thiazole rings is 1. The van der Waals surface area contributed by atoms with Gasteiger partial charge in [-0.05, 0) is 41.8 Å². The van der Waals surface area contributed by atoms with Gasteiger partial charge in [-0.25, -0.2) is 33.1 Å². The highest BCUT2D eigenvalue weighted by Gasteiger charge is 2.54. The zero-order valence-corrected chi connectivity index (χ0v) is 30.6.